The number of hydrogen-bond acceptors (Lipinski definition) is 5. The molecule has 0 radical (unpaired) electrons. The van der Waals surface area contributed by atoms with E-state index in [9.17, 15) is 0 Å². The van der Waals surface area contributed by atoms with E-state index in [0.29, 0.717) is 5.41 Å². The molecule has 5 nitrogen and oxygen atoms in total. The van der Waals surface area contributed by atoms with Crippen LogP contribution in [0.5, 0.6) is 5.75 Å². The summed E-state index contributed by atoms with van der Waals surface area (Å²) in [7, 11) is 1.87. The molecule has 3 fully saturated rings. The molecule has 5 heteroatoms. The fraction of sp³-hybridized carbons (Fsp3) is 0.739. The van der Waals surface area contributed by atoms with E-state index in [-0.39, 0.29) is 0 Å². The van der Waals surface area contributed by atoms with Gasteiger partial charge in [0.05, 0.1) is 19.8 Å². The van der Waals surface area contributed by atoms with Gasteiger partial charge >= 0.3 is 0 Å². The van der Waals surface area contributed by atoms with E-state index in [1.165, 1.54) is 32.2 Å². The highest BCUT2D eigenvalue weighted by molar-refractivity contribution is 5.20. The van der Waals surface area contributed by atoms with Crippen LogP contribution in [0, 0.1) is 11.3 Å². The third-order valence-electron chi connectivity index (χ3n) is 7.14. The number of rotatable bonds is 7. The number of nitrogens with zero attached hydrogens (tertiary/aromatic N) is 2. The molecule has 1 aromatic rings. The number of para-hydroxylation sites is 1. The van der Waals surface area contributed by atoms with Crippen LogP contribution in [0.15, 0.2) is 30.3 Å². The van der Waals surface area contributed by atoms with E-state index in [1.807, 2.05) is 37.4 Å². The van der Waals surface area contributed by atoms with Crippen LogP contribution < -0.4 is 4.74 Å². The van der Waals surface area contributed by atoms with E-state index in [4.69, 9.17) is 14.2 Å². The van der Waals surface area contributed by atoms with Gasteiger partial charge in [-0.2, -0.15) is 0 Å². The predicted octanol–water partition coefficient (Wildman–Crippen LogP) is 2.90. The summed E-state index contributed by atoms with van der Waals surface area (Å²) in [5.41, 5.74) is 0.322. The average molecular weight is 389 g/mol. The molecule has 0 unspecified atom stereocenters. The summed E-state index contributed by atoms with van der Waals surface area (Å²) in [6.07, 6.45) is 5.20. The number of benzene rings is 1. The Morgan fingerprint density at radius 1 is 1.11 bits per heavy atom. The Kier molecular flexibility index (Phi) is 6.89. The maximum atomic E-state index is 5.94. The summed E-state index contributed by atoms with van der Waals surface area (Å²) < 4.78 is 17.3. The molecule has 3 atom stereocenters. The standard InChI is InChI=1S/C23H36N2O3/c1-26-19-23-9-7-21(25-12-14-27-15-13-25)17-20(23)8-10-24(18-23)11-16-28-22-5-3-2-4-6-22/h2-6,20-21H,7-19H2,1H3/t20-,21-,23+/m1/s1. The second-order valence-corrected chi connectivity index (χ2v) is 8.80. The molecule has 0 amide bonds. The molecule has 2 aliphatic heterocycles. The minimum atomic E-state index is 0.322. The minimum absolute atomic E-state index is 0.322. The van der Waals surface area contributed by atoms with Crippen LogP contribution in [0.25, 0.3) is 0 Å². The van der Waals surface area contributed by atoms with Gasteiger partial charge < -0.3 is 14.2 Å². The normalized spacial score (nSPS) is 32.0. The Labute approximate surface area is 169 Å². The molecule has 2 saturated heterocycles. The molecule has 156 valence electrons. The fourth-order valence-electron chi connectivity index (χ4n) is 5.65. The van der Waals surface area contributed by atoms with Crippen molar-refractivity contribution >= 4 is 0 Å². The second-order valence-electron chi connectivity index (χ2n) is 8.80. The van der Waals surface area contributed by atoms with E-state index in [1.54, 1.807) is 0 Å². The van der Waals surface area contributed by atoms with Gasteiger partial charge in [0, 0.05) is 44.7 Å². The van der Waals surface area contributed by atoms with Crippen molar-refractivity contribution in [3.8, 4) is 5.75 Å². The lowest BCUT2D eigenvalue weighted by atomic mass is 9.62. The number of hydrogen-bond donors (Lipinski definition) is 0. The molecule has 4 rings (SSSR count). The Morgan fingerprint density at radius 2 is 1.93 bits per heavy atom. The largest absolute Gasteiger partial charge is 0.492 e. The zero-order chi connectivity index (χ0) is 19.2. The van der Waals surface area contributed by atoms with Crippen molar-refractivity contribution in [3.05, 3.63) is 30.3 Å². The van der Waals surface area contributed by atoms with Gasteiger partial charge in [-0.1, -0.05) is 18.2 Å². The molecule has 0 N–H and O–H groups in total. The van der Waals surface area contributed by atoms with Crippen molar-refractivity contribution in [1.29, 1.82) is 0 Å². The van der Waals surface area contributed by atoms with E-state index in [2.05, 4.69) is 9.80 Å². The number of fused-ring (bicyclic) bond motifs is 1. The molecule has 0 bridgehead atoms. The third-order valence-corrected chi connectivity index (χ3v) is 7.14. The topological polar surface area (TPSA) is 34.2 Å². The number of piperidine rings is 1. The van der Waals surface area contributed by atoms with Gasteiger partial charge in [-0.3, -0.25) is 9.80 Å². The minimum Gasteiger partial charge on any atom is -0.492 e. The molecule has 3 aliphatic rings. The molecule has 0 spiro atoms. The van der Waals surface area contributed by atoms with E-state index in [0.717, 1.165) is 70.3 Å². The highest BCUT2D eigenvalue weighted by atomic mass is 16.5. The highest BCUT2D eigenvalue weighted by Crippen LogP contribution is 2.47. The molecule has 2 heterocycles. The van der Waals surface area contributed by atoms with Crippen LogP contribution >= 0.6 is 0 Å². The zero-order valence-corrected chi connectivity index (χ0v) is 17.4. The SMILES string of the molecule is COC[C@@]12CC[C@@H](N3CCOCC3)C[C@H]1CCN(CCOc1ccccc1)C2. The van der Waals surface area contributed by atoms with Crippen LogP contribution in [0.4, 0.5) is 0 Å². The molecular weight excluding hydrogens is 352 g/mol. The van der Waals surface area contributed by atoms with Gasteiger partial charge in [0.25, 0.3) is 0 Å². The Balaban J connectivity index is 1.32. The molecular formula is C23H36N2O3. The van der Waals surface area contributed by atoms with E-state index < -0.39 is 0 Å². The van der Waals surface area contributed by atoms with Crippen molar-refractivity contribution in [2.75, 3.05) is 66.3 Å². The van der Waals surface area contributed by atoms with Crippen molar-refractivity contribution < 1.29 is 14.2 Å². The fourth-order valence-corrected chi connectivity index (χ4v) is 5.65. The summed E-state index contributed by atoms with van der Waals surface area (Å²) in [4.78, 5) is 5.29. The predicted molar refractivity (Wildman–Crippen MR) is 111 cm³/mol. The number of methoxy groups -OCH3 is 1. The molecule has 0 aromatic heterocycles. The van der Waals surface area contributed by atoms with Crippen LogP contribution in [0.2, 0.25) is 0 Å². The first kappa shape index (κ1) is 20.1. The first-order valence-electron chi connectivity index (χ1n) is 11.0. The van der Waals surface area contributed by atoms with Crippen molar-refractivity contribution in [3.63, 3.8) is 0 Å². The van der Waals surface area contributed by atoms with Gasteiger partial charge in [-0.25, -0.2) is 0 Å². The first-order chi connectivity index (χ1) is 13.8. The smallest absolute Gasteiger partial charge is 0.119 e. The molecule has 28 heavy (non-hydrogen) atoms. The quantitative estimate of drug-likeness (QED) is 0.718. The molecule has 1 aromatic carbocycles. The highest BCUT2D eigenvalue weighted by Gasteiger charge is 2.47. The van der Waals surface area contributed by atoms with Gasteiger partial charge in [0.15, 0.2) is 0 Å². The van der Waals surface area contributed by atoms with Gasteiger partial charge in [0.1, 0.15) is 12.4 Å². The van der Waals surface area contributed by atoms with Crippen molar-refractivity contribution in [2.24, 2.45) is 11.3 Å². The van der Waals surface area contributed by atoms with Crippen molar-refractivity contribution in [2.45, 2.75) is 31.7 Å². The van der Waals surface area contributed by atoms with Crippen LogP contribution in [-0.4, -0.2) is 82.1 Å². The Hall–Kier alpha value is -1.14. The van der Waals surface area contributed by atoms with Crippen LogP contribution in [-0.2, 0) is 9.47 Å². The summed E-state index contributed by atoms with van der Waals surface area (Å²) in [5, 5.41) is 0. The monoisotopic (exact) mass is 388 g/mol. The number of ether oxygens (including phenoxy) is 3. The van der Waals surface area contributed by atoms with Gasteiger partial charge in [-0.05, 0) is 50.3 Å². The first-order valence-corrected chi connectivity index (χ1v) is 11.0. The summed E-state index contributed by atoms with van der Waals surface area (Å²) >= 11 is 0. The maximum Gasteiger partial charge on any atom is 0.119 e. The summed E-state index contributed by atoms with van der Waals surface area (Å²) in [6, 6.07) is 10.9. The third kappa shape index (κ3) is 4.70. The molecule has 1 aliphatic carbocycles. The zero-order valence-electron chi connectivity index (χ0n) is 17.4. The summed E-state index contributed by atoms with van der Waals surface area (Å²) in [5.74, 6) is 1.75. The Morgan fingerprint density at radius 3 is 2.71 bits per heavy atom. The van der Waals surface area contributed by atoms with E-state index >= 15 is 0 Å². The van der Waals surface area contributed by atoms with Gasteiger partial charge in [-0.15, -0.1) is 0 Å². The summed E-state index contributed by atoms with van der Waals surface area (Å²) in [6.45, 7) is 9.01. The Bertz CT molecular complexity index is 593. The number of likely N-dealkylation sites (tertiary alicyclic amines) is 1. The maximum absolute atomic E-state index is 5.94. The number of morpholine rings is 1. The van der Waals surface area contributed by atoms with Crippen LogP contribution in [0.1, 0.15) is 25.7 Å². The average Bonchev–Trinajstić information content (AvgIpc) is 2.75. The second kappa shape index (κ2) is 9.57. The lowest BCUT2D eigenvalue weighted by Gasteiger charge is -2.54. The van der Waals surface area contributed by atoms with Crippen LogP contribution in [0.3, 0.4) is 0 Å². The lowest BCUT2D eigenvalue weighted by molar-refractivity contribution is -0.0866. The van der Waals surface area contributed by atoms with Gasteiger partial charge in [0.2, 0.25) is 0 Å². The lowest BCUT2D eigenvalue weighted by Crippen LogP contribution is -2.57. The van der Waals surface area contributed by atoms with Crippen molar-refractivity contribution in [1.82, 2.24) is 9.80 Å². The molecule has 1 saturated carbocycles.